The topological polar surface area (TPSA) is 102 Å². The van der Waals surface area contributed by atoms with Crippen LogP contribution in [0.15, 0.2) is 0 Å². The number of amides is 2. The molecule has 2 aliphatic heterocycles. The first kappa shape index (κ1) is 37.0. The fourth-order valence-electron chi connectivity index (χ4n) is 5.19. The van der Waals surface area contributed by atoms with E-state index in [4.69, 9.17) is 18.9 Å². The number of hydrogen-bond acceptors (Lipinski definition) is 6. The van der Waals surface area contributed by atoms with E-state index in [1.165, 1.54) is 83.5 Å². The van der Waals surface area contributed by atoms with Crippen LogP contribution in [0, 0.1) is 5.92 Å². The number of carbonyl (C=O) groups excluding carboxylic acids is 2. The Balaban J connectivity index is 1.51. The van der Waals surface area contributed by atoms with Gasteiger partial charge in [-0.2, -0.15) is 0 Å². The molecule has 0 aliphatic carbocycles. The second kappa shape index (κ2) is 26.2. The van der Waals surface area contributed by atoms with Crippen LogP contribution < -0.4 is 10.6 Å². The molecule has 2 rings (SSSR count). The molecule has 246 valence electrons. The average Bonchev–Trinajstić information content (AvgIpc) is 3.92. The van der Waals surface area contributed by atoms with Gasteiger partial charge in [0.1, 0.15) is 18.1 Å². The predicted octanol–water partition coefficient (Wildman–Crippen LogP) is 6.49. The third-order valence-corrected chi connectivity index (χ3v) is 8.17. The van der Waals surface area contributed by atoms with E-state index < -0.39 is 5.92 Å². The molecule has 0 saturated carbocycles. The summed E-state index contributed by atoms with van der Waals surface area (Å²) in [5.41, 5.74) is 0. The van der Waals surface area contributed by atoms with Crippen LogP contribution in [0.5, 0.6) is 0 Å². The van der Waals surface area contributed by atoms with Gasteiger partial charge in [0.15, 0.2) is 0 Å². The van der Waals surface area contributed by atoms with Gasteiger partial charge in [-0.3, -0.25) is 9.59 Å². The number of hydrogen-bond donors (Lipinski definition) is 2. The molecule has 0 bridgehead atoms. The predicted molar refractivity (Wildman–Crippen MR) is 169 cm³/mol. The molecule has 2 unspecified atom stereocenters. The Morgan fingerprint density at radius 1 is 0.595 bits per heavy atom. The lowest BCUT2D eigenvalue weighted by molar-refractivity contribution is -0.135. The number of rotatable bonds is 32. The van der Waals surface area contributed by atoms with E-state index in [9.17, 15) is 9.59 Å². The third-order valence-electron chi connectivity index (χ3n) is 8.17. The van der Waals surface area contributed by atoms with Gasteiger partial charge in [0.25, 0.3) is 0 Å². The van der Waals surface area contributed by atoms with Crippen LogP contribution in [0.2, 0.25) is 0 Å². The molecule has 8 nitrogen and oxygen atoms in total. The molecule has 0 aromatic rings. The van der Waals surface area contributed by atoms with Crippen molar-refractivity contribution in [2.75, 3.05) is 52.7 Å². The maximum Gasteiger partial charge on any atom is 0.232 e. The maximum absolute atomic E-state index is 12.9. The second-order valence-electron chi connectivity index (χ2n) is 12.3. The van der Waals surface area contributed by atoms with Crippen molar-refractivity contribution < 1.29 is 28.5 Å². The summed E-state index contributed by atoms with van der Waals surface area (Å²) in [6.07, 6.45) is 24.2. The molecular formula is C34H64N2O6. The van der Waals surface area contributed by atoms with Gasteiger partial charge >= 0.3 is 0 Å². The lowest BCUT2D eigenvalue weighted by atomic mass is 9.97. The van der Waals surface area contributed by atoms with Crippen molar-refractivity contribution in [2.45, 2.75) is 148 Å². The first-order valence-corrected chi connectivity index (χ1v) is 17.6. The summed E-state index contributed by atoms with van der Waals surface area (Å²) >= 11 is 0. The average molecular weight is 597 g/mol. The Labute approximate surface area is 257 Å². The zero-order valence-electron chi connectivity index (χ0n) is 27.0. The van der Waals surface area contributed by atoms with Crippen molar-refractivity contribution in [2.24, 2.45) is 5.92 Å². The zero-order chi connectivity index (χ0) is 29.9. The number of epoxide rings is 2. The Hall–Kier alpha value is -1.22. The highest BCUT2D eigenvalue weighted by Crippen LogP contribution is 2.16. The van der Waals surface area contributed by atoms with Crippen LogP contribution in [0.3, 0.4) is 0 Å². The Kier molecular flexibility index (Phi) is 23.1. The summed E-state index contributed by atoms with van der Waals surface area (Å²) in [7, 11) is 0. The van der Waals surface area contributed by atoms with Crippen LogP contribution in [-0.4, -0.2) is 76.8 Å². The minimum absolute atomic E-state index is 0.141. The van der Waals surface area contributed by atoms with E-state index in [0.717, 1.165) is 51.7 Å². The van der Waals surface area contributed by atoms with Gasteiger partial charge in [0.2, 0.25) is 11.8 Å². The lowest BCUT2D eigenvalue weighted by Crippen LogP contribution is -2.42. The van der Waals surface area contributed by atoms with E-state index in [-0.39, 0.29) is 24.0 Å². The molecule has 2 amide bonds. The number of nitrogens with one attached hydrogen (secondary N) is 2. The van der Waals surface area contributed by atoms with E-state index >= 15 is 0 Å². The van der Waals surface area contributed by atoms with Crippen molar-refractivity contribution in [3.8, 4) is 0 Å². The molecular weight excluding hydrogens is 532 g/mol. The molecule has 42 heavy (non-hydrogen) atoms. The van der Waals surface area contributed by atoms with Gasteiger partial charge in [-0.25, -0.2) is 0 Å². The molecule has 8 heteroatoms. The Morgan fingerprint density at radius 3 is 1.36 bits per heavy atom. The van der Waals surface area contributed by atoms with Gasteiger partial charge in [0, 0.05) is 26.3 Å². The van der Waals surface area contributed by atoms with Crippen LogP contribution in [0.25, 0.3) is 0 Å². The summed E-state index contributed by atoms with van der Waals surface area (Å²) in [4.78, 5) is 25.9. The normalized spacial score (nSPS) is 18.1. The molecule has 0 aromatic carbocycles. The molecule has 0 spiro atoms. The number of unbranched alkanes of at least 4 members (excludes halogenated alkanes) is 16. The summed E-state index contributed by atoms with van der Waals surface area (Å²) < 4.78 is 21.4. The number of ether oxygens (including phenoxy) is 4. The maximum atomic E-state index is 12.9. The molecule has 2 aliphatic rings. The minimum Gasteiger partial charge on any atom is -0.379 e. The monoisotopic (exact) mass is 596 g/mol. The van der Waals surface area contributed by atoms with E-state index in [1.807, 2.05) is 0 Å². The standard InChI is InChI=1S/C34H64N2O6/c1-2-3-4-5-6-7-8-9-10-11-12-13-14-15-16-21-32(33(37)35-22-17-19-24-39-26-30-28-41-30)34(38)36-23-18-20-25-40-27-31-29-42-31/h30-32H,2-29H2,1H3,(H,35,37)(H,36,38). The number of carbonyl (C=O) groups is 2. The highest BCUT2D eigenvalue weighted by molar-refractivity contribution is 6.00. The Bertz CT molecular complexity index is 618. The largest absolute Gasteiger partial charge is 0.379 e. The fourth-order valence-corrected chi connectivity index (χ4v) is 5.19. The quantitative estimate of drug-likeness (QED) is 0.0523. The molecule has 2 N–H and O–H groups in total. The van der Waals surface area contributed by atoms with Crippen LogP contribution >= 0.6 is 0 Å². The van der Waals surface area contributed by atoms with Crippen molar-refractivity contribution in [1.29, 1.82) is 0 Å². The van der Waals surface area contributed by atoms with Gasteiger partial charge in [-0.15, -0.1) is 0 Å². The summed E-state index contributed by atoms with van der Waals surface area (Å²) in [5, 5.41) is 6.00. The summed E-state index contributed by atoms with van der Waals surface area (Å²) in [6.45, 7) is 7.72. The SMILES string of the molecule is CCCCCCCCCCCCCCCCCC(C(=O)NCCCCOCC1CO1)C(=O)NCCCCOCC1CO1. The molecule has 0 radical (unpaired) electrons. The van der Waals surface area contributed by atoms with Crippen LogP contribution in [-0.2, 0) is 28.5 Å². The fraction of sp³-hybridized carbons (Fsp3) is 0.941. The van der Waals surface area contributed by atoms with Gasteiger partial charge in [0.05, 0.1) is 26.4 Å². The summed E-state index contributed by atoms with van der Waals surface area (Å²) in [6, 6.07) is 0. The minimum atomic E-state index is -0.612. The molecule has 2 atom stereocenters. The van der Waals surface area contributed by atoms with Crippen molar-refractivity contribution in [3.05, 3.63) is 0 Å². The second-order valence-corrected chi connectivity index (χ2v) is 12.3. The van der Waals surface area contributed by atoms with Gasteiger partial charge in [-0.1, -0.05) is 103 Å². The van der Waals surface area contributed by atoms with E-state index in [1.54, 1.807) is 0 Å². The van der Waals surface area contributed by atoms with Crippen LogP contribution in [0.1, 0.15) is 135 Å². The molecule has 2 saturated heterocycles. The highest BCUT2D eigenvalue weighted by Gasteiger charge is 2.26. The van der Waals surface area contributed by atoms with Crippen molar-refractivity contribution >= 4 is 11.8 Å². The highest BCUT2D eigenvalue weighted by atomic mass is 16.6. The molecule has 2 heterocycles. The molecule has 0 aromatic heterocycles. The third kappa shape index (κ3) is 22.3. The molecule has 2 fully saturated rings. The van der Waals surface area contributed by atoms with Gasteiger partial charge < -0.3 is 29.6 Å². The first-order valence-electron chi connectivity index (χ1n) is 17.6. The lowest BCUT2D eigenvalue weighted by Gasteiger charge is -2.17. The van der Waals surface area contributed by atoms with Crippen molar-refractivity contribution in [3.63, 3.8) is 0 Å². The zero-order valence-corrected chi connectivity index (χ0v) is 27.0. The Morgan fingerprint density at radius 2 is 0.976 bits per heavy atom. The van der Waals surface area contributed by atoms with Gasteiger partial charge in [-0.05, 0) is 32.1 Å². The van der Waals surface area contributed by atoms with E-state index in [0.29, 0.717) is 45.9 Å². The van der Waals surface area contributed by atoms with Crippen molar-refractivity contribution in [1.82, 2.24) is 10.6 Å². The smallest absolute Gasteiger partial charge is 0.232 e. The summed E-state index contributed by atoms with van der Waals surface area (Å²) in [5.74, 6) is -0.894. The van der Waals surface area contributed by atoms with Crippen LogP contribution in [0.4, 0.5) is 0 Å². The van der Waals surface area contributed by atoms with E-state index in [2.05, 4.69) is 17.6 Å². The first-order chi connectivity index (χ1) is 20.7.